The fourth-order valence-electron chi connectivity index (χ4n) is 1.87. The van der Waals surface area contributed by atoms with Gasteiger partial charge in [0.1, 0.15) is 5.75 Å². The lowest BCUT2D eigenvalue weighted by Gasteiger charge is -2.04. The van der Waals surface area contributed by atoms with E-state index in [0.29, 0.717) is 5.56 Å². The molecule has 102 valence electrons. The Balaban J connectivity index is 2.11. The summed E-state index contributed by atoms with van der Waals surface area (Å²) >= 11 is 0. The maximum atomic E-state index is 11.7. The quantitative estimate of drug-likeness (QED) is 0.819. The summed E-state index contributed by atoms with van der Waals surface area (Å²) in [6, 6.07) is 13.8. The van der Waals surface area contributed by atoms with Crippen LogP contribution in [0.4, 0.5) is 0 Å². The van der Waals surface area contributed by atoms with Crippen molar-refractivity contribution < 1.29 is 19.8 Å². The summed E-state index contributed by atoms with van der Waals surface area (Å²) in [5, 5.41) is 17.8. The van der Waals surface area contributed by atoms with Gasteiger partial charge in [-0.2, -0.15) is 0 Å². The third kappa shape index (κ3) is 3.45. The van der Waals surface area contributed by atoms with Crippen LogP contribution in [0.2, 0.25) is 0 Å². The molecule has 4 nitrogen and oxygen atoms in total. The second-order valence-corrected chi connectivity index (χ2v) is 4.44. The Kier molecular flexibility index (Phi) is 4.15. The van der Waals surface area contributed by atoms with Crippen molar-refractivity contribution in [1.82, 2.24) is 0 Å². The Labute approximate surface area is 116 Å². The van der Waals surface area contributed by atoms with Crippen LogP contribution in [0.25, 0.3) is 11.1 Å². The average molecular weight is 270 g/mol. The number of ketones is 1. The molecule has 0 spiro atoms. The highest BCUT2D eigenvalue weighted by Gasteiger charge is 2.08. The molecule has 0 bridgehead atoms. The van der Waals surface area contributed by atoms with E-state index in [0.717, 1.165) is 11.1 Å². The van der Waals surface area contributed by atoms with Crippen molar-refractivity contribution in [2.45, 2.75) is 12.8 Å². The zero-order valence-corrected chi connectivity index (χ0v) is 10.7. The molecule has 2 aromatic carbocycles. The Morgan fingerprint density at radius 3 is 1.80 bits per heavy atom. The predicted molar refractivity (Wildman–Crippen MR) is 74.7 cm³/mol. The molecular formula is C16H14O4. The number of phenols is 1. The van der Waals surface area contributed by atoms with Crippen molar-refractivity contribution in [2.75, 3.05) is 0 Å². The van der Waals surface area contributed by atoms with Crippen LogP contribution in [0.3, 0.4) is 0 Å². The number of carbonyl (C=O) groups excluding carboxylic acids is 1. The zero-order valence-electron chi connectivity index (χ0n) is 10.7. The Morgan fingerprint density at radius 2 is 1.30 bits per heavy atom. The second-order valence-electron chi connectivity index (χ2n) is 4.44. The summed E-state index contributed by atoms with van der Waals surface area (Å²) in [4.78, 5) is 22.2. The van der Waals surface area contributed by atoms with Gasteiger partial charge in [-0.1, -0.05) is 36.4 Å². The van der Waals surface area contributed by atoms with Crippen LogP contribution in [0, 0.1) is 0 Å². The van der Waals surface area contributed by atoms with Gasteiger partial charge in [-0.15, -0.1) is 0 Å². The molecule has 0 saturated heterocycles. The highest BCUT2D eigenvalue weighted by atomic mass is 16.4. The van der Waals surface area contributed by atoms with Gasteiger partial charge in [-0.3, -0.25) is 9.59 Å². The van der Waals surface area contributed by atoms with Gasteiger partial charge >= 0.3 is 5.97 Å². The molecule has 0 unspecified atom stereocenters. The van der Waals surface area contributed by atoms with Crippen LogP contribution in [0.15, 0.2) is 48.5 Å². The second kappa shape index (κ2) is 6.02. The highest BCUT2D eigenvalue weighted by molar-refractivity contribution is 5.97. The van der Waals surface area contributed by atoms with E-state index in [-0.39, 0.29) is 24.4 Å². The van der Waals surface area contributed by atoms with E-state index in [2.05, 4.69) is 0 Å². The van der Waals surface area contributed by atoms with Gasteiger partial charge in [0.05, 0.1) is 6.42 Å². The molecule has 0 aliphatic heterocycles. The Bertz CT molecular complexity index is 612. The number of benzene rings is 2. The molecule has 2 rings (SSSR count). The first kappa shape index (κ1) is 13.8. The summed E-state index contributed by atoms with van der Waals surface area (Å²) in [7, 11) is 0. The number of carboxylic acids is 1. The number of hydrogen-bond acceptors (Lipinski definition) is 3. The summed E-state index contributed by atoms with van der Waals surface area (Å²) in [6.07, 6.45) is -0.146. The summed E-state index contributed by atoms with van der Waals surface area (Å²) in [5.41, 5.74) is 2.38. The molecule has 0 heterocycles. The molecule has 4 heteroatoms. The molecule has 0 aliphatic rings. The maximum Gasteiger partial charge on any atom is 0.303 e. The van der Waals surface area contributed by atoms with Gasteiger partial charge in [-0.05, 0) is 23.3 Å². The molecule has 2 aromatic rings. The molecule has 0 fully saturated rings. The van der Waals surface area contributed by atoms with Crippen LogP contribution in [0.5, 0.6) is 5.75 Å². The van der Waals surface area contributed by atoms with Crippen LogP contribution in [0.1, 0.15) is 23.2 Å². The SMILES string of the molecule is O=C(O)CCC(=O)c1ccc(-c2ccc(O)cc2)cc1. The minimum absolute atomic E-state index is 0.00783. The summed E-state index contributed by atoms with van der Waals surface area (Å²) in [6.45, 7) is 0. The molecule has 0 amide bonds. The van der Waals surface area contributed by atoms with Gasteiger partial charge in [0, 0.05) is 12.0 Å². The molecule has 20 heavy (non-hydrogen) atoms. The van der Waals surface area contributed by atoms with E-state index in [4.69, 9.17) is 5.11 Å². The van der Waals surface area contributed by atoms with E-state index < -0.39 is 5.97 Å². The first-order chi connectivity index (χ1) is 9.56. The largest absolute Gasteiger partial charge is 0.508 e. The first-order valence-corrected chi connectivity index (χ1v) is 6.21. The monoisotopic (exact) mass is 270 g/mol. The van der Waals surface area contributed by atoms with E-state index in [1.54, 1.807) is 48.5 Å². The van der Waals surface area contributed by atoms with Crippen LogP contribution in [-0.2, 0) is 4.79 Å². The van der Waals surface area contributed by atoms with Gasteiger partial charge in [0.25, 0.3) is 0 Å². The molecule has 0 aliphatic carbocycles. The van der Waals surface area contributed by atoms with Crippen molar-refractivity contribution >= 4 is 11.8 Å². The van der Waals surface area contributed by atoms with Crippen molar-refractivity contribution in [1.29, 1.82) is 0 Å². The van der Waals surface area contributed by atoms with Crippen molar-refractivity contribution in [3.8, 4) is 16.9 Å². The number of rotatable bonds is 5. The predicted octanol–water partition coefficient (Wildman–Crippen LogP) is 3.11. The minimum Gasteiger partial charge on any atom is -0.508 e. The lowest BCUT2D eigenvalue weighted by Crippen LogP contribution is -2.03. The van der Waals surface area contributed by atoms with Crippen LogP contribution < -0.4 is 0 Å². The van der Waals surface area contributed by atoms with E-state index in [1.165, 1.54) is 0 Å². The molecule has 0 atom stereocenters. The zero-order chi connectivity index (χ0) is 14.5. The van der Waals surface area contributed by atoms with Gasteiger partial charge in [-0.25, -0.2) is 0 Å². The van der Waals surface area contributed by atoms with Gasteiger partial charge < -0.3 is 10.2 Å². The molecule has 0 radical (unpaired) electrons. The fourth-order valence-corrected chi connectivity index (χ4v) is 1.87. The fraction of sp³-hybridized carbons (Fsp3) is 0.125. The van der Waals surface area contributed by atoms with Crippen LogP contribution in [-0.4, -0.2) is 22.0 Å². The number of aliphatic carboxylic acids is 1. The number of Topliss-reactive ketones (excluding diaryl/α,β-unsaturated/α-hetero) is 1. The summed E-state index contributed by atoms with van der Waals surface area (Å²) < 4.78 is 0. The number of carbonyl (C=O) groups is 2. The van der Waals surface area contributed by atoms with Gasteiger partial charge in [0.2, 0.25) is 0 Å². The lowest BCUT2D eigenvalue weighted by molar-refractivity contribution is -0.136. The first-order valence-electron chi connectivity index (χ1n) is 6.21. The summed E-state index contributed by atoms with van der Waals surface area (Å²) in [5.74, 6) is -0.946. The molecule has 2 N–H and O–H groups in total. The number of carboxylic acid groups (broad SMARTS) is 1. The third-order valence-corrected chi connectivity index (χ3v) is 2.97. The average Bonchev–Trinajstić information content (AvgIpc) is 2.46. The minimum atomic E-state index is -0.973. The number of phenolic OH excluding ortho intramolecular Hbond substituents is 1. The number of hydrogen-bond donors (Lipinski definition) is 2. The van der Waals surface area contributed by atoms with Crippen LogP contribution >= 0.6 is 0 Å². The van der Waals surface area contributed by atoms with Crippen molar-refractivity contribution in [3.63, 3.8) is 0 Å². The van der Waals surface area contributed by atoms with Crippen molar-refractivity contribution in [2.24, 2.45) is 0 Å². The molecular weight excluding hydrogens is 256 g/mol. The Hall–Kier alpha value is -2.62. The smallest absolute Gasteiger partial charge is 0.303 e. The standard InChI is InChI=1S/C16H14O4/c17-14-7-5-12(6-8-14)11-1-3-13(4-2-11)15(18)9-10-16(19)20/h1-8,17H,9-10H2,(H,19,20). The van der Waals surface area contributed by atoms with Gasteiger partial charge in [0.15, 0.2) is 5.78 Å². The topological polar surface area (TPSA) is 74.6 Å². The van der Waals surface area contributed by atoms with Crippen molar-refractivity contribution in [3.05, 3.63) is 54.1 Å². The maximum absolute atomic E-state index is 11.7. The third-order valence-electron chi connectivity index (χ3n) is 2.97. The Morgan fingerprint density at radius 1 is 0.800 bits per heavy atom. The van der Waals surface area contributed by atoms with E-state index in [1.807, 2.05) is 0 Å². The molecule has 0 saturated carbocycles. The lowest BCUT2D eigenvalue weighted by atomic mass is 10.0. The van der Waals surface area contributed by atoms with E-state index in [9.17, 15) is 14.7 Å². The van der Waals surface area contributed by atoms with E-state index >= 15 is 0 Å². The normalized spacial score (nSPS) is 10.2. The highest BCUT2D eigenvalue weighted by Crippen LogP contribution is 2.22. The number of aromatic hydroxyl groups is 1. The molecule has 0 aromatic heterocycles.